The summed E-state index contributed by atoms with van der Waals surface area (Å²) in [5, 5.41) is 9.01. The Labute approximate surface area is 150 Å². The Morgan fingerprint density at radius 2 is 2.16 bits per heavy atom. The van der Waals surface area contributed by atoms with Crippen LogP contribution in [0, 0.1) is 17.8 Å². The minimum atomic E-state index is -0.669. The van der Waals surface area contributed by atoms with Gasteiger partial charge in [0.05, 0.1) is 12.5 Å². The lowest BCUT2D eigenvalue weighted by Crippen LogP contribution is -2.51. The summed E-state index contributed by atoms with van der Waals surface area (Å²) >= 11 is 0. The van der Waals surface area contributed by atoms with E-state index < -0.39 is 5.97 Å². The highest BCUT2D eigenvalue weighted by atomic mass is 16.5. The van der Waals surface area contributed by atoms with Gasteiger partial charge in [-0.3, -0.25) is 9.69 Å². The van der Waals surface area contributed by atoms with Crippen LogP contribution in [0.3, 0.4) is 0 Å². The van der Waals surface area contributed by atoms with Crippen LogP contribution >= 0.6 is 0 Å². The van der Waals surface area contributed by atoms with E-state index in [0.29, 0.717) is 24.9 Å². The molecule has 3 rings (SSSR count). The molecule has 0 aromatic heterocycles. The van der Waals surface area contributed by atoms with Crippen molar-refractivity contribution in [2.24, 2.45) is 17.8 Å². The van der Waals surface area contributed by atoms with Crippen molar-refractivity contribution >= 4 is 12.0 Å². The van der Waals surface area contributed by atoms with Gasteiger partial charge in [-0.05, 0) is 41.5 Å². The molecule has 0 spiro atoms. The summed E-state index contributed by atoms with van der Waals surface area (Å²) in [6, 6.07) is 6.41. The van der Waals surface area contributed by atoms with E-state index in [1.807, 2.05) is 0 Å². The Morgan fingerprint density at radius 3 is 2.84 bits per heavy atom. The van der Waals surface area contributed by atoms with Crippen molar-refractivity contribution < 1.29 is 14.6 Å². The Kier molecular flexibility index (Phi) is 5.48. The Bertz CT molecular complexity index is 661. The van der Waals surface area contributed by atoms with Gasteiger partial charge >= 0.3 is 5.97 Å². The van der Waals surface area contributed by atoms with E-state index in [1.165, 1.54) is 16.7 Å². The summed E-state index contributed by atoms with van der Waals surface area (Å²) in [6.07, 6.45) is 4.45. The van der Waals surface area contributed by atoms with Gasteiger partial charge in [-0.2, -0.15) is 0 Å². The van der Waals surface area contributed by atoms with Gasteiger partial charge in [0.2, 0.25) is 0 Å². The number of benzene rings is 1. The maximum Gasteiger partial charge on any atom is 0.309 e. The molecule has 1 heterocycles. The molecule has 1 fully saturated rings. The zero-order valence-electron chi connectivity index (χ0n) is 15.5. The Hall–Kier alpha value is -1.81. The van der Waals surface area contributed by atoms with E-state index in [2.05, 4.69) is 49.9 Å². The minimum Gasteiger partial charge on any atom is -0.493 e. The van der Waals surface area contributed by atoms with Crippen molar-refractivity contribution in [1.82, 2.24) is 4.90 Å². The first-order chi connectivity index (χ1) is 12.0. The van der Waals surface area contributed by atoms with Crippen LogP contribution in [-0.2, 0) is 11.2 Å². The number of ether oxygens (including phenoxy) is 1. The van der Waals surface area contributed by atoms with E-state index in [1.54, 1.807) is 0 Å². The molecule has 4 heteroatoms. The van der Waals surface area contributed by atoms with Crippen molar-refractivity contribution in [3.63, 3.8) is 0 Å². The predicted octanol–water partition coefficient (Wildman–Crippen LogP) is 3.70. The number of carbonyl (C=O) groups is 1. The molecule has 0 radical (unpaired) electrons. The molecule has 1 aliphatic heterocycles. The number of hydrogen-bond donors (Lipinski definition) is 1. The van der Waals surface area contributed by atoms with Crippen molar-refractivity contribution in [2.75, 3.05) is 26.2 Å². The van der Waals surface area contributed by atoms with E-state index >= 15 is 0 Å². The fraction of sp³-hybridized carbons (Fsp3) is 0.571. The standard InChI is InChI=1S/C21H29NO3/c1-4-14(2)13-25-20-6-5-16-8-18(15(3)7-17(16)9-20)10-22-11-19(12-22)21(23)24/h5-6,8-9,14-15,19H,4,7,10-13H2,1-3H3,(H,23,24)/t14-,15-/m1/s1. The van der Waals surface area contributed by atoms with Gasteiger partial charge in [0.25, 0.3) is 0 Å². The number of fused-ring (bicyclic) bond motifs is 1. The van der Waals surface area contributed by atoms with Crippen LogP contribution in [-0.4, -0.2) is 42.2 Å². The van der Waals surface area contributed by atoms with Crippen LogP contribution in [0.4, 0.5) is 0 Å². The average molecular weight is 343 g/mol. The van der Waals surface area contributed by atoms with Crippen LogP contribution in [0.5, 0.6) is 5.75 Å². The molecule has 2 aliphatic rings. The molecule has 0 saturated carbocycles. The van der Waals surface area contributed by atoms with E-state index in [4.69, 9.17) is 9.84 Å². The van der Waals surface area contributed by atoms with E-state index in [9.17, 15) is 4.79 Å². The third-order valence-corrected chi connectivity index (χ3v) is 5.56. The molecular weight excluding hydrogens is 314 g/mol. The first-order valence-electron chi connectivity index (χ1n) is 9.37. The van der Waals surface area contributed by atoms with Crippen molar-refractivity contribution in [2.45, 2.75) is 33.6 Å². The second kappa shape index (κ2) is 7.61. The monoisotopic (exact) mass is 343 g/mol. The third-order valence-electron chi connectivity index (χ3n) is 5.56. The largest absolute Gasteiger partial charge is 0.493 e. The third kappa shape index (κ3) is 4.24. The van der Waals surface area contributed by atoms with Crippen LogP contribution < -0.4 is 4.74 Å². The number of aliphatic carboxylic acids is 1. The smallest absolute Gasteiger partial charge is 0.309 e. The first-order valence-corrected chi connectivity index (χ1v) is 9.37. The Morgan fingerprint density at radius 1 is 1.40 bits per heavy atom. The number of likely N-dealkylation sites (tertiary alicyclic amines) is 1. The minimum absolute atomic E-state index is 0.183. The van der Waals surface area contributed by atoms with Gasteiger partial charge in [-0.15, -0.1) is 0 Å². The first kappa shape index (κ1) is 18.0. The fourth-order valence-corrected chi connectivity index (χ4v) is 3.46. The molecule has 1 saturated heterocycles. The second-order valence-electron chi connectivity index (χ2n) is 7.74. The number of nitrogens with zero attached hydrogens (tertiary/aromatic N) is 1. The highest BCUT2D eigenvalue weighted by Crippen LogP contribution is 2.32. The maximum atomic E-state index is 10.9. The van der Waals surface area contributed by atoms with E-state index in [-0.39, 0.29) is 5.92 Å². The lowest BCUT2D eigenvalue weighted by molar-refractivity contribution is -0.147. The second-order valence-corrected chi connectivity index (χ2v) is 7.74. The topological polar surface area (TPSA) is 49.8 Å². The van der Waals surface area contributed by atoms with Gasteiger partial charge in [0, 0.05) is 19.6 Å². The molecule has 0 bridgehead atoms. The molecule has 1 aromatic carbocycles. The number of carboxylic acids is 1. The molecule has 0 unspecified atom stereocenters. The van der Waals surface area contributed by atoms with Crippen LogP contribution in [0.2, 0.25) is 0 Å². The number of hydrogen-bond acceptors (Lipinski definition) is 3. The quantitative estimate of drug-likeness (QED) is 0.820. The lowest BCUT2D eigenvalue weighted by atomic mass is 9.83. The highest BCUT2D eigenvalue weighted by Gasteiger charge is 2.33. The zero-order valence-corrected chi connectivity index (χ0v) is 15.5. The molecule has 1 aliphatic carbocycles. The van der Waals surface area contributed by atoms with Gasteiger partial charge < -0.3 is 9.84 Å². The molecule has 25 heavy (non-hydrogen) atoms. The molecule has 1 N–H and O–H groups in total. The summed E-state index contributed by atoms with van der Waals surface area (Å²) < 4.78 is 5.93. The van der Waals surface area contributed by atoms with Crippen molar-refractivity contribution in [1.29, 1.82) is 0 Å². The number of carboxylic acid groups (broad SMARTS) is 1. The van der Waals surface area contributed by atoms with E-state index in [0.717, 1.165) is 31.7 Å². The van der Waals surface area contributed by atoms with Crippen LogP contribution in [0.15, 0.2) is 23.8 Å². The molecule has 0 amide bonds. The summed E-state index contributed by atoms with van der Waals surface area (Å²) in [5.41, 5.74) is 4.04. The zero-order chi connectivity index (χ0) is 18.0. The predicted molar refractivity (Wildman–Crippen MR) is 99.8 cm³/mol. The SMILES string of the molecule is CC[C@@H](C)COc1ccc2c(c1)C[C@@H](C)C(CN1CC(C(=O)O)C1)=C2. The number of rotatable bonds is 7. The molecule has 2 atom stereocenters. The summed E-state index contributed by atoms with van der Waals surface area (Å²) in [7, 11) is 0. The summed E-state index contributed by atoms with van der Waals surface area (Å²) in [5.74, 6) is 1.18. The van der Waals surface area contributed by atoms with Crippen molar-refractivity contribution in [3.05, 3.63) is 34.9 Å². The maximum absolute atomic E-state index is 10.9. The summed E-state index contributed by atoms with van der Waals surface area (Å²) in [6.45, 7) is 9.66. The lowest BCUT2D eigenvalue weighted by Gasteiger charge is -2.38. The fourth-order valence-electron chi connectivity index (χ4n) is 3.46. The molecular formula is C21H29NO3. The summed E-state index contributed by atoms with van der Waals surface area (Å²) in [4.78, 5) is 13.2. The molecule has 1 aromatic rings. The highest BCUT2D eigenvalue weighted by molar-refractivity contribution is 5.71. The molecule has 4 nitrogen and oxygen atoms in total. The van der Waals surface area contributed by atoms with Crippen LogP contribution in [0.1, 0.15) is 38.3 Å². The van der Waals surface area contributed by atoms with Crippen molar-refractivity contribution in [3.8, 4) is 5.75 Å². The van der Waals surface area contributed by atoms with Crippen LogP contribution in [0.25, 0.3) is 6.08 Å². The van der Waals surface area contributed by atoms with Gasteiger partial charge in [-0.25, -0.2) is 0 Å². The molecule has 136 valence electrons. The normalized spacial score (nSPS) is 21.9. The average Bonchev–Trinajstić information content (AvgIpc) is 2.55. The Balaban J connectivity index is 1.63. The van der Waals surface area contributed by atoms with Gasteiger partial charge in [-0.1, -0.05) is 44.9 Å². The van der Waals surface area contributed by atoms with Gasteiger partial charge in [0.1, 0.15) is 5.75 Å². The van der Waals surface area contributed by atoms with Gasteiger partial charge in [0.15, 0.2) is 0 Å².